The third kappa shape index (κ3) is 3.61. The van der Waals surface area contributed by atoms with Crippen molar-refractivity contribution in [2.75, 3.05) is 0 Å². The molecule has 0 unspecified atom stereocenters. The summed E-state index contributed by atoms with van der Waals surface area (Å²) in [6.45, 7) is 7.64. The van der Waals surface area contributed by atoms with E-state index in [2.05, 4.69) is 24.3 Å². The first-order valence-electron chi connectivity index (χ1n) is 8.13. The van der Waals surface area contributed by atoms with Crippen LogP contribution in [0.15, 0.2) is 4.79 Å². The summed E-state index contributed by atoms with van der Waals surface area (Å²) in [6.07, 6.45) is 3.27. The summed E-state index contributed by atoms with van der Waals surface area (Å²) >= 11 is 0. The van der Waals surface area contributed by atoms with Gasteiger partial charge >= 0.3 is 0 Å². The normalized spacial score (nSPS) is 24.0. The van der Waals surface area contributed by atoms with E-state index in [1.807, 2.05) is 6.07 Å². The van der Waals surface area contributed by atoms with Gasteiger partial charge < -0.3 is 5.32 Å². The Labute approximate surface area is 136 Å². The maximum absolute atomic E-state index is 12.3. The Morgan fingerprint density at radius 3 is 2.74 bits per heavy atom. The number of nitrogens with one attached hydrogen (secondary N) is 1. The molecule has 2 rings (SSSR count). The number of carbonyl (C=O) groups excluding carboxylic acids is 1. The Kier molecular flexibility index (Phi) is 5.19. The number of carbonyl (C=O) groups is 1. The van der Waals surface area contributed by atoms with Crippen molar-refractivity contribution in [3.05, 3.63) is 27.2 Å². The Balaban J connectivity index is 2.14. The molecule has 1 aliphatic rings. The second kappa shape index (κ2) is 6.95. The van der Waals surface area contributed by atoms with E-state index in [0.717, 1.165) is 17.5 Å². The van der Waals surface area contributed by atoms with Gasteiger partial charge in [0.2, 0.25) is 5.91 Å². The van der Waals surface area contributed by atoms with Crippen LogP contribution in [0.4, 0.5) is 0 Å². The van der Waals surface area contributed by atoms with Crippen LogP contribution < -0.4 is 10.9 Å². The van der Waals surface area contributed by atoms with E-state index in [9.17, 15) is 9.59 Å². The van der Waals surface area contributed by atoms with Crippen LogP contribution in [0, 0.1) is 37.0 Å². The van der Waals surface area contributed by atoms with Crippen molar-refractivity contribution in [2.45, 2.75) is 59.5 Å². The van der Waals surface area contributed by atoms with Gasteiger partial charge in [0.15, 0.2) is 0 Å². The van der Waals surface area contributed by atoms with Gasteiger partial charge in [0.1, 0.15) is 18.2 Å². The van der Waals surface area contributed by atoms with Crippen LogP contribution in [0.2, 0.25) is 0 Å². The van der Waals surface area contributed by atoms with E-state index < -0.39 is 5.56 Å². The Hall–Kier alpha value is -2.16. The van der Waals surface area contributed by atoms with Gasteiger partial charge in [-0.05, 0) is 37.7 Å². The molecular formula is C17H24N4O2. The average molecular weight is 316 g/mol. The van der Waals surface area contributed by atoms with Gasteiger partial charge in [-0.3, -0.25) is 9.59 Å². The summed E-state index contributed by atoms with van der Waals surface area (Å²) in [5.41, 5.74) is 0.721. The molecule has 1 saturated carbocycles. The number of hydrogen-bond acceptors (Lipinski definition) is 4. The highest BCUT2D eigenvalue weighted by Crippen LogP contribution is 2.29. The molecule has 1 aromatic heterocycles. The van der Waals surface area contributed by atoms with Crippen LogP contribution in [-0.2, 0) is 11.3 Å². The molecule has 1 heterocycles. The van der Waals surface area contributed by atoms with Crippen LogP contribution in [0.1, 0.15) is 49.9 Å². The lowest BCUT2D eigenvalue weighted by atomic mass is 9.78. The molecule has 1 N–H and O–H groups in total. The van der Waals surface area contributed by atoms with Gasteiger partial charge in [-0.15, -0.1) is 0 Å². The van der Waals surface area contributed by atoms with E-state index >= 15 is 0 Å². The number of aryl methyl sites for hydroxylation is 1. The highest BCUT2D eigenvalue weighted by atomic mass is 16.2. The predicted octanol–water partition coefficient (Wildman–Crippen LogP) is 1.67. The lowest BCUT2D eigenvalue weighted by Gasteiger charge is -2.34. The maximum atomic E-state index is 12.3. The molecule has 124 valence electrons. The molecule has 1 amide bonds. The molecule has 3 atom stereocenters. The van der Waals surface area contributed by atoms with Gasteiger partial charge in [0, 0.05) is 6.04 Å². The van der Waals surface area contributed by atoms with E-state index in [-0.39, 0.29) is 24.1 Å². The Bertz CT molecular complexity index is 702. The average Bonchev–Trinajstić information content (AvgIpc) is 2.50. The SMILES string of the molecule is Cc1nn(CC(=O)N[C@@H]2CCC[C@@H](C)[C@H]2C)c(=O)c(C#N)c1C. The van der Waals surface area contributed by atoms with Crippen LogP contribution in [0.5, 0.6) is 0 Å². The number of rotatable bonds is 3. The van der Waals surface area contributed by atoms with Crippen molar-refractivity contribution in [2.24, 2.45) is 11.8 Å². The fourth-order valence-electron chi connectivity index (χ4n) is 3.18. The fourth-order valence-corrected chi connectivity index (χ4v) is 3.18. The number of nitrogens with zero attached hydrogens (tertiary/aromatic N) is 3. The number of amides is 1. The molecule has 1 aliphatic carbocycles. The third-order valence-electron chi connectivity index (χ3n) is 5.10. The number of hydrogen-bond donors (Lipinski definition) is 1. The molecule has 6 nitrogen and oxygen atoms in total. The van der Waals surface area contributed by atoms with Gasteiger partial charge in [-0.2, -0.15) is 10.4 Å². The smallest absolute Gasteiger partial charge is 0.285 e. The lowest BCUT2D eigenvalue weighted by molar-refractivity contribution is -0.123. The molecule has 1 fully saturated rings. The quantitative estimate of drug-likeness (QED) is 0.919. The monoisotopic (exact) mass is 316 g/mol. The highest BCUT2D eigenvalue weighted by molar-refractivity contribution is 5.76. The molecule has 6 heteroatoms. The minimum atomic E-state index is -0.504. The summed E-state index contributed by atoms with van der Waals surface area (Å²) in [6, 6.07) is 2.05. The standard InChI is InChI=1S/C17H24N4O2/c1-10-6-5-7-15(11(10)2)19-16(22)9-21-17(23)14(8-18)12(3)13(4)20-21/h10-11,15H,5-7,9H2,1-4H3,(H,19,22)/t10-,11-,15-/m1/s1. The van der Waals surface area contributed by atoms with E-state index in [1.54, 1.807) is 13.8 Å². The van der Waals surface area contributed by atoms with Crippen molar-refractivity contribution in [1.29, 1.82) is 5.26 Å². The molecule has 0 bridgehead atoms. The van der Waals surface area contributed by atoms with Gasteiger partial charge in [-0.25, -0.2) is 4.68 Å². The second-order valence-electron chi connectivity index (χ2n) is 6.60. The maximum Gasteiger partial charge on any atom is 0.285 e. The summed E-state index contributed by atoms with van der Waals surface area (Å²) in [4.78, 5) is 24.5. The summed E-state index contributed by atoms with van der Waals surface area (Å²) < 4.78 is 1.09. The second-order valence-corrected chi connectivity index (χ2v) is 6.60. The first kappa shape index (κ1) is 17.2. The molecule has 0 aromatic carbocycles. The van der Waals surface area contributed by atoms with Gasteiger partial charge in [0.25, 0.3) is 5.56 Å². The van der Waals surface area contributed by atoms with Crippen LogP contribution in [0.25, 0.3) is 0 Å². The van der Waals surface area contributed by atoms with E-state index in [1.165, 1.54) is 6.42 Å². The van der Waals surface area contributed by atoms with Gasteiger partial charge in [0.05, 0.1) is 5.69 Å². The molecule has 0 saturated heterocycles. The van der Waals surface area contributed by atoms with Crippen molar-refractivity contribution < 1.29 is 4.79 Å². The van der Waals surface area contributed by atoms with Crippen molar-refractivity contribution in [1.82, 2.24) is 15.1 Å². The minimum absolute atomic E-state index is 0.0601. The topological polar surface area (TPSA) is 87.8 Å². The molecular weight excluding hydrogens is 292 g/mol. The lowest BCUT2D eigenvalue weighted by Crippen LogP contribution is -2.46. The first-order chi connectivity index (χ1) is 10.8. The summed E-state index contributed by atoms with van der Waals surface area (Å²) in [5, 5.41) is 16.3. The van der Waals surface area contributed by atoms with Crippen molar-refractivity contribution in [3.63, 3.8) is 0 Å². The molecule has 0 radical (unpaired) electrons. The van der Waals surface area contributed by atoms with Crippen molar-refractivity contribution in [3.8, 4) is 6.07 Å². The highest BCUT2D eigenvalue weighted by Gasteiger charge is 2.28. The Morgan fingerprint density at radius 2 is 2.09 bits per heavy atom. The molecule has 23 heavy (non-hydrogen) atoms. The van der Waals surface area contributed by atoms with Gasteiger partial charge in [-0.1, -0.05) is 26.7 Å². The Morgan fingerprint density at radius 1 is 1.39 bits per heavy atom. The zero-order valence-corrected chi connectivity index (χ0v) is 14.2. The summed E-state index contributed by atoms with van der Waals surface area (Å²) in [7, 11) is 0. The molecule has 0 spiro atoms. The summed E-state index contributed by atoms with van der Waals surface area (Å²) in [5.74, 6) is 0.784. The fraction of sp³-hybridized carbons (Fsp3) is 0.647. The van der Waals surface area contributed by atoms with E-state index in [0.29, 0.717) is 23.1 Å². The third-order valence-corrected chi connectivity index (χ3v) is 5.10. The zero-order chi connectivity index (χ0) is 17.1. The zero-order valence-electron chi connectivity index (χ0n) is 14.2. The molecule has 1 aromatic rings. The molecule has 0 aliphatic heterocycles. The van der Waals surface area contributed by atoms with Crippen LogP contribution in [0.3, 0.4) is 0 Å². The van der Waals surface area contributed by atoms with Crippen LogP contribution in [-0.4, -0.2) is 21.7 Å². The number of aromatic nitrogens is 2. The predicted molar refractivity (Wildman–Crippen MR) is 86.8 cm³/mol. The minimum Gasteiger partial charge on any atom is -0.351 e. The van der Waals surface area contributed by atoms with Crippen LogP contribution >= 0.6 is 0 Å². The largest absolute Gasteiger partial charge is 0.351 e. The first-order valence-corrected chi connectivity index (χ1v) is 8.13. The number of nitriles is 1. The van der Waals surface area contributed by atoms with E-state index in [4.69, 9.17) is 5.26 Å². The van der Waals surface area contributed by atoms with Crippen molar-refractivity contribution >= 4 is 5.91 Å².